The zero-order chi connectivity index (χ0) is 13.7. The van der Waals surface area contributed by atoms with Crippen molar-refractivity contribution < 1.29 is 4.79 Å². The number of likely N-dealkylation sites (tertiary alicyclic amines) is 1. The summed E-state index contributed by atoms with van der Waals surface area (Å²) >= 11 is 11.8. The van der Waals surface area contributed by atoms with Crippen LogP contribution in [0.1, 0.15) is 31.2 Å². The Morgan fingerprint density at radius 2 is 2.21 bits per heavy atom. The van der Waals surface area contributed by atoms with Crippen molar-refractivity contribution in [2.45, 2.75) is 38.1 Å². The summed E-state index contributed by atoms with van der Waals surface area (Å²) in [7, 11) is 0. The van der Waals surface area contributed by atoms with Crippen molar-refractivity contribution in [1.82, 2.24) is 4.90 Å². The topological polar surface area (TPSA) is 20.3 Å². The highest BCUT2D eigenvalue weighted by atomic mass is 35.5. The van der Waals surface area contributed by atoms with Crippen LogP contribution in [0.15, 0.2) is 24.3 Å². The van der Waals surface area contributed by atoms with Crippen molar-refractivity contribution in [2.75, 3.05) is 12.4 Å². The summed E-state index contributed by atoms with van der Waals surface area (Å²) in [5.41, 5.74) is 0.979. The van der Waals surface area contributed by atoms with Crippen molar-refractivity contribution in [3.63, 3.8) is 0 Å². The summed E-state index contributed by atoms with van der Waals surface area (Å²) in [5, 5.41) is 0.682. The molecule has 104 valence electrons. The highest BCUT2D eigenvalue weighted by Gasteiger charge is 2.25. The molecule has 0 N–H and O–H groups in total. The zero-order valence-corrected chi connectivity index (χ0v) is 12.5. The zero-order valence-electron chi connectivity index (χ0n) is 10.9. The van der Waals surface area contributed by atoms with E-state index in [0.717, 1.165) is 31.4 Å². The molecule has 19 heavy (non-hydrogen) atoms. The Balaban J connectivity index is 2.01. The maximum atomic E-state index is 12.4. The molecule has 0 saturated carbocycles. The molecule has 1 aliphatic heterocycles. The summed E-state index contributed by atoms with van der Waals surface area (Å²) in [4.78, 5) is 14.4. The van der Waals surface area contributed by atoms with Crippen LogP contribution in [-0.2, 0) is 11.2 Å². The van der Waals surface area contributed by atoms with E-state index in [9.17, 15) is 4.79 Å². The normalized spacial score (nSPS) is 19.5. The second-order valence-corrected chi connectivity index (χ2v) is 5.84. The largest absolute Gasteiger partial charge is 0.339 e. The third-order valence-electron chi connectivity index (χ3n) is 3.63. The molecule has 0 radical (unpaired) electrons. The standard InChI is InChI=1S/C15H19Cl2NO/c16-8-7-14-6-1-2-9-18(14)15(19)11-12-4-3-5-13(17)10-12/h3-5,10,14H,1-2,6-9,11H2. The molecule has 0 aliphatic carbocycles. The number of carbonyl (C=O) groups excluding carboxylic acids is 1. The fraction of sp³-hybridized carbons (Fsp3) is 0.533. The van der Waals surface area contributed by atoms with E-state index in [1.807, 2.05) is 29.2 Å². The van der Waals surface area contributed by atoms with Gasteiger partial charge in [-0.15, -0.1) is 11.6 Å². The molecule has 0 bridgehead atoms. The van der Waals surface area contributed by atoms with Crippen molar-refractivity contribution in [1.29, 1.82) is 0 Å². The van der Waals surface area contributed by atoms with Crippen molar-refractivity contribution >= 4 is 29.1 Å². The number of halogens is 2. The number of piperidine rings is 1. The molecule has 1 aromatic rings. The molecule has 0 aromatic heterocycles. The van der Waals surface area contributed by atoms with Crippen LogP contribution in [0.25, 0.3) is 0 Å². The Morgan fingerprint density at radius 1 is 1.37 bits per heavy atom. The third kappa shape index (κ3) is 4.12. The smallest absolute Gasteiger partial charge is 0.227 e. The summed E-state index contributed by atoms with van der Waals surface area (Å²) in [5.74, 6) is 0.808. The lowest BCUT2D eigenvalue weighted by Crippen LogP contribution is -2.44. The van der Waals surface area contributed by atoms with Gasteiger partial charge in [-0.3, -0.25) is 4.79 Å². The van der Waals surface area contributed by atoms with Crippen molar-refractivity contribution in [2.24, 2.45) is 0 Å². The average Bonchev–Trinajstić information content (AvgIpc) is 2.39. The minimum Gasteiger partial charge on any atom is -0.339 e. The van der Waals surface area contributed by atoms with Gasteiger partial charge in [-0.2, -0.15) is 0 Å². The van der Waals surface area contributed by atoms with Crippen LogP contribution in [0.4, 0.5) is 0 Å². The Bertz CT molecular complexity index is 434. The first-order valence-corrected chi connectivity index (χ1v) is 7.72. The second-order valence-electron chi connectivity index (χ2n) is 5.02. The number of carbonyl (C=O) groups is 1. The van der Waals surface area contributed by atoms with E-state index in [0.29, 0.717) is 23.4 Å². The Hall–Kier alpha value is -0.730. The molecule has 2 rings (SSSR count). The Labute approximate surface area is 124 Å². The lowest BCUT2D eigenvalue weighted by molar-refractivity contribution is -0.134. The maximum absolute atomic E-state index is 12.4. The number of rotatable bonds is 4. The van der Waals surface area contributed by atoms with E-state index in [1.54, 1.807) is 0 Å². The minimum atomic E-state index is 0.192. The monoisotopic (exact) mass is 299 g/mol. The fourth-order valence-corrected chi connectivity index (χ4v) is 3.14. The molecular formula is C15H19Cl2NO. The molecular weight excluding hydrogens is 281 g/mol. The van der Waals surface area contributed by atoms with Crippen LogP contribution in [0, 0.1) is 0 Å². The molecule has 1 aromatic carbocycles. The number of hydrogen-bond acceptors (Lipinski definition) is 1. The van der Waals surface area contributed by atoms with Gasteiger partial charge in [0.2, 0.25) is 5.91 Å². The van der Waals surface area contributed by atoms with Gasteiger partial charge in [0, 0.05) is 23.5 Å². The predicted molar refractivity (Wildman–Crippen MR) is 79.8 cm³/mol. The van der Waals surface area contributed by atoms with Gasteiger partial charge in [0.15, 0.2) is 0 Å². The molecule has 1 amide bonds. The molecule has 1 unspecified atom stereocenters. The van der Waals surface area contributed by atoms with E-state index >= 15 is 0 Å². The third-order valence-corrected chi connectivity index (χ3v) is 4.09. The Kier molecular flexibility index (Phi) is 5.53. The summed E-state index contributed by atoms with van der Waals surface area (Å²) in [6, 6.07) is 7.84. The quantitative estimate of drug-likeness (QED) is 0.772. The van der Waals surface area contributed by atoms with Crippen LogP contribution in [0.3, 0.4) is 0 Å². The molecule has 1 saturated heterocycles. The first-order valence-electron chi connectivity index (χ1n) is 6.80. The van der Waals surface area contributed by atoms with Crippen molar-refractivity contribution in [3.8, 4) is 0 Å². The highest BCUT2D eigenvalue weighted by Crippen LogP contribution is 2.21. The molecule has 0 spiro atoms. The van der Waals surface area contributed by atoms with E-state index in [1.165, 1.54) is 6.42 Å². The first-order chi connectivity index (χ1) is 9.20. The molecule has 4 heteroatoms. The van der Waals surface area contributed by atoms with Gasteiger partial charge in [-0.05, 0) is 43.4 Å². The van der Waals surface area contributed by atoms with Gasteiger partial charge in [0.25, 0.3) is 0 Å². The molecule has 2 nitrogen and oxygen atoms in total. The average molecular weight is 300 g/mol. The Morgan fingerprint density at radius 3 is 2.95 bits per heavy atom. The number of hydrogen-bond donors (Lipinski definition) is 0. The summed E-state index contributed by atoms with van der Waals surface area (Å²) in [6.45, 7) is 0.862. The van der Waals surface area contributed by atoms with Crippen LogP contribution in [-0.4, -0.2) is 29.3 Å². The van der Waals surface area contributed by atoms with Crippen LogP contribution >= 0.6 is 23.2 Å². The molecule has 1 fully saturated rings. The lowest BCUT2D eigenvalue weighted by Gasteiger charge is -2.35. The summed E-state index contributed by atoms with van der Waals surface area (Å²) < 4.78 is 0. The van der Waals surface area contributed by atoms with Crippen LogP contribution in [0.5, 0.6) is 0 Å². The number of benzene rings is 1. The van der Waals surface area contributed by atoms with Gasteiger partial charge in [-0.25, -0.2) is 0 Å². The molecule has 1 heterocycles. The van der Waals surface area contributed by atoms with E-state index in [4.69, 9.17) is 23.2 Å². The SMILES string of the molecule is O=C(Cc1cccc(Cl)c1)N1CCCCC1CCCl. The van der Waals surface area contributed by atoms with Crippen LogP contribution in [0.2, 0.25) is 5.02 Å². The van der Waals surface area contributed by atoms with Gasteiger partial charge in [0.05, 0.1) is 6.42 Å². The van der Waals surface area contributed by atoms with Gasteiger partial charge in [0.1, 0.15) is 0 Å². The number of alkyl halides is 1. The number of nitrogens with zero attached hydrogens (tertiary/aromatic N) is 1. The lowest BCUT2D eigenvalue weighted by atomic mass is 9.99. The first kappa shape index (κ1) is 14.7. The molecule has 1 aliphatic rings. The maximum Gasteiger partial charge on any atom is 0.227 e. The fourth-order valence-electron chi connectivity index (χ4n) is 2.68. The second kappa shape index (κ2) is 7.16. The van der Waals surface area contributed by atoms with Gasteiger partial charge in [-0.1, -0.05) is 23.7 Å². The number of amides is 1. The van der Waals surface area contributed by atoms with Crippen LogP contribution < -0.4 is 0 Å². The van der Waals surface area contributed by atoms with E-state index in [-0.39, 0.29) is 5.91 Å². The van der Waals surface area contributed by atoms with Gasteiger partial charge < -0.3 is 4.90 Å². The van der Waals surface area contributed by atoms with E-state index < -0.39 is 0 Å². The minimum absolute atomic E-state index is 0.192. The van der Waals surface area contributed by atoms with E-state index in [2.05, 4.69) is 0 Å². The van der Waals surface area contributed by atoms with Crippen molar-refractivity contribution in [3.05, 3.63) is 34.9 Å². The molecule has 1 atom stereocenters. The predicted octanol–water partition coefficient (Wildman–Crippen LogP) is 3.89. The summed E-state index contributed by atoms with van der Waals surface area (Å²) in [6.07, 6.45) is 4.69. The van der Waals surface area contributed by atoms with Gasteiger partial charge >= 0.3 is 0 Å². The highest BCUT2D eigenvalue weighted by molar-refractivity contribution is 6.30.